The zero-order valence-electron chi connectivity index (χ0n) is 11.3. The Morgan fingerprint density at radius 3 is 2.38 bits per heavy atom. The van der Waals surface area contributed by atoms with Gasteiger partial charge in [-0.1, -0.05) is 6.07 Å². The van der Waals surface area contributed by atoms with E-state index in [9.17, 15) is 4.39 Å². The van der Waals surface area contributed by atoms with Gasteiger partial charge >= 0.3 is 0 Å². The predicted octanol–water partition coefficient (Wildman–Crippen LogP) is 4.40. The first kappa shape index (κ1) is 16.3. The molecular weight excluding hydrogens is 405 g/mol. The number of methoxy groups -OCH3 is 1. The summed E-state index contributed by atoms with van der Waals surface area (Å²) in [5.41, 5.74) is 7.22. The van der Waals surface area contributed by atoms with Crippen LogP contribution in [0.3, 0.4) is 0 Å². The van der Waals surface area contributed by atoms with E-state index in [2.05, 4.69) is 31.9 Å². The first-order valence-corrected chi connectivity index (χ1v) is 7.77. The highest BCUT2D eigenvalue weighted by Gasteiger charge is 2.10. The van der Waals surface area contributed by atoms with Crippen LogP contribution in [0.2, 0.25) is 0 Å². The Hall–Kier alpha value is -1.11. The summed E-state index contributed by atoms with van der Waals surface area (Å²) < 4.78 is 25.7. The Labute approximate surface area is 139 Å². The number of hydrogen-bond donors (Lipinski definition) is 1. The largest absolute Gasteiger partial charge is 0.496 e. The SMILES string of the molecule is COc1cc(Br)c(OCc2ccc(F)cc2CN)cc1Br. The molecule has 2 N–H and O–H groups in total. The van der Waals surface area contributed by atoms with Gasteiger partial charge < -0.3 is 15.2 Å². The number of hydrogen-bond acceptors (Lipinski definition) is 3. The predicted molar refractivity (Wildman–Crippen MR) is 87.0 cm³/mol. The van der Waals surface area contributed by atoms with Crippen LogP contribution in [0.5, 0.6) is 11.5 Å². The molecule has 0 aliphatic carbocycles. The van der Waals surface area contributed by atoms with E-state index < -0.39 is 0 Å². The number of rotatable bonds is 5. The van der Waals surface area contributed by atoms with Crippen LogP contribution in [-0.2, 0) is 13.2 Å². The summed E-state index contributed by atoms with van der Waals surface area (Å²) >= 11 is 6.84. The second kappa shape index (κ2) is 7.24. The molecule has 2 rings (SSSR count). The minimum Gasteiger partial charge on any atom is -0.496 e. The normalized spacial score (nSPS) is 10.5. The molecule has 0 amide bonds. The molecule has 112 valence electrons. The van der Waals surface area contributed by atoms with Crippen molar-refractivity contribution in [3.8, 4) is 11.5 Å². The standard InChI is InChI=1S/C15H14Br2FNO2/c1-20-14-5-13(17)15(6-12(14)16)21-8-9-2-3-11(18)4-10(9)7-19/h2-6H,7-8,19H2,1H3. The van der Waals surface area contributed by atoms with Gasteiger partial charge in [-0.3, -0.25) is 0 Å². The third-order valence-corrected chi connectivity index (χ3v) is 4.22. The Bertz CT molecular complexity index is 650. The highest BCUT2D eigenvalue weighted by atomic mass is 79.9. The molecule has 0 aliphatic rings. The lowest BCUT2D eigenvalue weighted by molar-refractivity contribution is 0.301. The second-order valence-corrected chi connectivity index (χ2v) is 6.03. The van der Waals surface area contributed by atoms with Crippen molar-refractivity contribution in [2.45, 2.75) is 13.2 Å². The highest BCUT2D eigenvalue weighted by molar-refractivity contribution is 9.11. The Kier molecular flexibility index (Phi) is 5.61. The smallest absolute Gasteiger partial charge is 0.135 e. The summed E-state index contributed by atoms with van der Waals surface area (Å²) in [6.07, 6.45) is 0. The molecule has 0 spiro atoms. The van der Waals surface area contributed by atoms with Gasteiger partial charge in [0.05, 0.1) is 16.1 Å². The van der Waals surface area contributed by atoms with Gasteiger partial charge in [0.15, 0.2) is 0 Å². The molecule has 0 heterocycles. The summed E-state index contributed by atoms with van der Waals surface area (Å²) in [4.78, 5) is 0. The topological polar surface area (TPSA) is 44.5 Å². The van der Waals surface area contributed by atoms with Crippen molar-refractivity contribution < 1.29 is 13.9 Å². The zero-order valence-corrected chi connectivity index (χ0v) is 14.5. The van der Waals surface area contributed by atoms with E-state index in [4.69, 9.17) is 15.2 Å². The van der Waals surface area contributed by atoms with Crippen LogP contribution in [0.4, 0.5) is 4.39 Å². The van der Waals surface area contributed by atoms with Gasteiger partial charge in [-0.2, -0.15) is 0 Å². The van der Waals surface area contributed by atoms with Crippen LogP contribution in [0.1, 0.15) is 11.1 Å². The number of ether oxygens (including phenoxy) is 2. The molecule has 21 heavy (non-hydrogen) atoms. The Morgan fingerprint density at radius 2 is 1.71 bits per heavy atom. The van der Waals surface area contributed by atoms with Gasteiger partial charge in [0.1, 0.15) is 23.9 Å². The van der Waals surface area contributed by atoms with Crippen molar-refractivity contribution in [2.75, 3.05) is 7.11 Å². The fraction of sp³-hybridized carbons (Fsp3) is 0.200. The lowest BCUT2D eigenvalue weighted by atomic mass is 10.1. The third-order valence-electron chi connectivity index (χ3n) is 2.98. The van der Waals surface area contributed by atoms with E-state index >= 15 is 0 Å². The second-order valence-electron chi connectivity index (χ2n) is 4.32. The quantitative estimate of drug-likeness (QED) is 0.782. The van der Waals surface area contributed by atoms with Crippen LogP contribution in [-0.4, -0.2) is 7.11 Å². The van der Waals surface area contributed by atoms with Crippen LogP contribution in [0.25, 0.3) is 0 Å². The number of halogens is 3. The highest BCUT2D eigenvalue weighted by Crippen LogP contribution is 2.36. The van der Waals surface area contributed by atoms with Crippen LogP contribution in [0.15, 0.2) is 39.3 Å². The first-order chi connectivity index (χ1) is 10.0. The molecule has 0 atom stereocenters. The molecule has 0 bridgehead atoms. The van der Waals surface area contributed by atoms with Gasteiger partial charge in [-0.15, -0.1) is 0 Å². The van der Waals surface area contributed by atoms with Crippen molar-refractivity contribution >= 4 is 31.9 Å². The molecule has 0 radical (unpaired) electrons. The zero-order chi connectivity index (χ0) is 15.4. The van der Waals surface area contributed by atoms with Crippen molar-refractivity contribution in [1.29, 1.82) is 0 Å². The van der Waals surface area contributed by atoms with Gasteiger partial charge in [0, 0.05) is 6.54 Å². The van der Waals surface area contributed by atoms with Crippen molar-refractivity contribution in [3.05, 3.63) is 56.2 Å². The molecule has 0 saturated carbocycles. The summed E-state index contributed by atoms with van der Waals surface area (Å²) in [6, 6.07) is 8.14. The lowest BCUT2D eigenvalue weighted by Crippen LogP contribution is -2.05. The molecule has 2 aromatic carbocycles. The minimum absolute atomic E-state index is 0.268. The molecule has 0 fully saturated rings. The first-order valence-electron chi connectivity index (χ1n) is 6.18. The van der Waals surface area contributed by atoms with Crippen molar-refractivity contribution in [3.63, 3.8) is 0 Å². The summed E-state index contributed by atoms with van der Waals surface area (Å²) in [5, 5.41) is 0. The maximum atomic E-state index is 13.2. The minimum atomic E-state index is -0.299. The molecule has 2 aromatic rings. The van der Waals surface area contributed by atoms with Gasteiger partial charge in [-0.05, 0) is 67.3 Å². The van der Waals surface area contributed by atoms with E-state index in [1.807, 2.05) is 12.1 Å². The monoisotopic (exact) mass is 417 g/mol. The maximum absolute atomic E-state index is 13.2. The summed E-state index contributed by atoms with van der Waals surface area (Å²) in [6.45, 7) is 0.577. The van der Waals surface area contributed by atoms with Crippen molar-refractivity contribution in [2.24, 2.45) is 5.73 Å². The molecule has 0 saturated heterocycles. The van der Waals surface area contributed by atoms with Crippen LogP contribution < -0.4 is 15.2 Å². The molecule has 0 unspecified atom stereocenters. The van der Waals surface area contributed by atoms with Crippen molar-refractivity contribution in [1.82, 2.24) is 0 Å². The van der Waals surface area contributed by atoms with Crippen LogP contribution >= 0.6 is 31.9 Å². The lowest BCUT2D eigenvalue weighted by Gasteiger charge is -2.13. The summed E-state index contributed by atoms with van der Waals surface area (Å²) in [5.74, 6) is 1.07. The van der Waals surface area contributed by atoms with Gasteiger partial charge in [0.2, 0.25) is 0 Å². The third kappa shape index (κ3) is 3.96. The number of nitrogens with two attached hydrogens (primary N) is 1. The fourth-order valence-electron chi connectivity index (χ4n) is 1.86. The van der Waals surface area contributed by atoms with Crippen LogP contribution in [0, 0.1) is 5.82 Å². The Balaban J connectivity index is 2.19. The maximum Gasteiger partial charge on any atom is 0.135 e. The van der Waals surface area contributed by atoms with E-state index in [1.165, 1.54) is 12.1 Å². The molecular formula is C15H14Br2FNO2. The van der Waals surface area contributed by atoms with E-state index in [-0.39, 0.29) is 12.4 Å². The average Bonchev–Trinajstić information content (AvgIpc) is 2.48. The molecule has 0 aliphatic heterocycles. The van der Waals surface area contributed by atoms with E-state index in [0.29, 0.717) is 18.1 Å². The van der Waals surface area contributed by atoms with Gasteiger partial charge in [0.25, 0.3) is 0 Å². The fourth-order valence-corrected chi connectivity index (χ4v) is 2.78. The van der Waals surface area contributed by atoms with Gasteiger partial charge in [-0.25, -0.2) is 4.39 Å². The van der Waals surface area contributed by atoms with E-state index in [1.54, 1.807) is 13.2 Å². The van der Waals surface area contributed by atoms with E-state index in [0.717, 1.165) is 20.1 Å². The summed E-state index contributed by atoms with van der Waals surface area (Å²) in [7, 11) is 1.60. The molecule has 0 aromatic heterocycles. The number of benzene rings is 2. The molecule has 3 nitrogen and oxygen atoms in total. The average molecular weight is 419 g/mol. The molecule has 6 heteroatoms. The Morgan fingerprint density at radius 1 is 1.05 bits per heavy atom.